The average molecular weight is 238 g/mol. The van der Waals surface area contributed by atoms with Gasteiger partial charge in [-0.2, -0.15) is 8.78 Å². The van der Waals surface area contributed by atoms with Crippen LogP contribution in [-0.4, -0.2) is 23.9 Å². The molecule has 0 aliphatic rings. The van der Waals surface area contributed by atoms with Crippen LogP contribution in [0.15, 0.2) is 12.3 Å². The van der Waals surface area contributed by atoms with Crippen molar-refractivity contribution in [2.24, 2.45) is 0 Å². The molecule has 16 heavy (non-hydrogen) atoms. The molecule has 0 aliphatic carbocycles. The summed E-state index contributed by atoms with van der Waals surface area (Å²) >= 11 is 0. The molecule has 1 rings (SSSR count). The van der Waals surface area contributed by atoms with Gasteiger partial charge in [0.1, 0.15) is 0 Å². The van der Waals surface area contributed by atoms with E-state index in [9.17, 15) is 17.6 Å². The minimum atomic E-state index is -4.19. The molecular formula is C9H10F4N2O. The molecule has 0 aromatic carbocycles. The van der Waals surface area contributed by atoms with Gasteiger partial charge < -0.3 is 10.5 Å². The third kappa shape index (κ3) is 2.98. The minimum Gasteiger partial charge on any atom is -0.471 e. The van der Waals surface area contributed by atoms with Crippen LogP contribution in [0.5, 0.6) is 5.88 Å². The molecule has 0 saturated heterocycles. The van der Waals surface area contributed by atoms with Crippen LogP contribution >= 0.6 is 0 Å². The van der Waals surface area contributed by atoms with E-state index in [0.717, 1.165) is 0 Å². The lowest BCUT2D eigenvalue weighted by atomic mass is 10.3. The van der Waals surface area contributed by atoms with Crippen LogP contribution in [0.3, 0.4) is 0 Å². The maximum atomic E-state index is 12.5. The van der Waals surface area contributed by atoms with Gasteiger partial charge in [-0.25, -0.2) is 13.8 Å². The number of aryl methyl sites for hydroxylation is 1. The zero-order chi connectivity index (χ0) is 12.3. The zero-order valence-electron chi connectivity index (χ0n) is 8.38. The summed E-state index contributed by atoms with van der Waals surface area (Å²) in [5.41, 5.74) is 6.41. The topological polar surface area (TPSA) is 48.1 Å². The number of ether oxygens (including phenoxy) is 1. The van der Waals surface area contributed by atoms with Gasteiger partial charge in [-0.3, -0.25) is 0 Å². The van der Waals surface area contributed by atoms with Crippen molar-refractivity contribution in [3.8, 4) is 5.88 Å². The van der Waals surface area contributed by atoms with Crippen LogP contribution in [0.1, 0.15) is 5.56 Å². The third-order valence-corrected chi connectivity index (χ3v) is 1.85. The molecule has 0 saturated carbocycles. The van der Waals surface area contributed by atoms with Crippen molar-refractivity contribution >= 4 is 5.69 Å². The fourth-order valence-electron chi connectivity index (χ4n) is 0.831. The molecule has 0 atom stereocenters. The monoisotopic (exact) mass is 238 g/mol. The summed E-state index contributed by atoms with van der Waals surface area (Å²) in [6.45, 7) is 0.236. The lowest BCUT2D eigenvalue weighted by Gasteiger charge is -2.15. The Morgan fingerprint density at radius 3 is 2.62 bits per heavy atom. The number of anilines is 1. The van der Waals surface area contributed by atoms with E-state index in [1.54, 1.807) is 6.92 Å². The first-order chi connectivity index (χ1) is 7.33. The van der Waals surface area contributed by atoms with Gasteiger partial charge in [0.05, 0.1) is 0 Å². The quantitative estimate of drug-likeness (QED) is 0.818. The summed E-state index contributed by atoms with van der Waals surface area (Å²) < 4.78 is 53.0. The number of hydrogen-bond donors (Lipinski definition) is 1. The molecule has 0 unspecified atom stereocenters. The van der Waals surface area contributed by atoms with E-state index >= 15 is 0 Å². The summed E-state index contributed by atoms with van der Waals surface area (Å²) in [7, 11) is 0. The van der Waals surface area contributed by atoms with E-state index in [0.29, 0.717) is 11.3 Å². The maximum Gasteiger partial charge on any atom is 0.340 e. The molecule has 0 aliphatic heterocycles. The molecule has 2 N–H and O–H groups in total. The summed E-state index contributed by atoms with van der Waals surface area (Å²) in [5, 5.41) is 0. The van der Waals surface area contributed by atoms with Gasteiger partial charge in [0.2, 0.25) is 5.88 Å². The average Bonchev–Trinajstić information content (AvgIpc) is 2.20. The number of aromatic nitrogens is 1. The number of nitrogen functional groups attached to an aromatic ring is 1. The lowest BCUT2D eigenvalue weighted by molar-refractivity contribution is -0.148. The van der Waals surface area contributed by atoms with Crippen LogP contribution in [0.2, 0.25) is 0 Å². The number of halogens is 4. The molecule has 0 spiro atoms. The predicted molar refractivity (Wildman–Crippen MR) is 49.8 cm³/mol. The van der Waals surface area contributed by atoms with Crippen molar-refractivity contribution in [3.63, 3.8) is 0 Å². The lowest BCUT2D eigenvalue weighted by Crippen LogP contribution is -2.33. The molecule has 3 nitrogen and oxygen atoms in total. The largest absolute Gasteiger partial charge is 0.471 e. The second-order valence-electron chi connectivity index (χ2n) is 3.23. The van der Waals surface area contributed by atoms with Crippen molar-refractivity contribution in [2.45, 2.75) is 19.3 Å². The highest BCUT2D eigenvalue weighted by atomic mass is 19.3. The molecule has 0 fully saturated rings. The summed E-state index contributed by atoms with van der Waals surface area (Å²) in [6, 6.07) is 1.21. The SMILES string of the molecule is Cc1cnc(OCC(F)(F)C(F)F)cc1N. The third-order valence-electron chi connectivity index (χ3n) is 1.85. The number of alkyl halides is 4. The Hall–Kier alpha value is -1.53. The first-order valence-corrected chi connectivity index (χ1v) is 4.34. The van der Waals surface area contributed by atoms with Crippen molar-refractivity contribution < 1.29 is 22.3 Å². The summed E-state index contributed by atoms with van der Waals surface area (Å²) in [6.07, 6.45) is -2.46. The van der Waals surface area contributed by atoms with E-state index in [1.165, 1.54) is 12.3 Å². The van der Waals surface area contributed by atoms with E-state index in [-0.39, 0.29) is 5.88 Å². The Balaban J connectivity index is 2.65. The van der Waals surface area contributed by atoms with E-state index in [4.69, 9.17) is 5.73 Å². The smallest absolute Gasteiger partial charge is 0.340 e. The Labute approximate surface area is 89.2 Å². The van der Waals surface area contributed by atoms with Crippen LogP contribution in [0, 0.1) is 6.92 Å². The summed E-state index contributed by atoms with van der Waals surface area (Å²) in [4.78, 5) is 3.62. The van der Waals surface area contributed by atoms with E-state index in [2.05, 4.69) is 9.72 Å². The van der Waals surface area contributed by atoms with E-state index < -0.39 is 19.0 Å². The standard InChI is InChI=1S/C9H10F4N2O/c1-5-3-15-7(2-6(5)14)16-4-9(12,13)8(10)11/h2-3,8H,4H2,1H3,(H2,14,15). The molecule has 1 aromatic heterocycles. The fraction of sp³-hybridized carbons (Fsp3) is 0.444. The normalized spacial score (nSPS) is 11.9. The Morgan fingerprint density at radius 1 is 1.50 bits per heavy atom. The van der Waals surface area contributed by atoms with Gasteiger partial charge in [0.15, 0.2) is 6.61 Å². The Morgan fingerprint density at radius 2 is 2.12 bits per heavy atom. The second-order valence-corrected chi connectivity index (χ2v) is 3.23. The maximum absolute atomic E-state index is 12.5. The van der Waals surface area contributed by atoms with Crippen LogP contribution in [0.25, 0.3) is 0 Å². The zero-order valence-corrected chi connectivity index (χ0v) is 8.38. The predicted octanol–water partition coefficient (Wildman–Crippen LogP) is 2.25. The molecular weight excluding hydrogens is 228 g/mol. The highest BCUT2D eigenvalue weighted by molar-refractivity contribution is 5.47. The van der Waals surface area contributed by atoms with Crippen molar-refractivity contribution in [1.29, 1.82) is 0 Å². The molecule has 90 valence electrons. The van der Waals surface area contributed by atoms with Crippen LogP contribution in [0.4, 0.5) is 23.2 Å². The number of nitrogens with zero attached hydrogens (tertiary/aromatic N) is 1. The molecule has 0 radical (unpaired) electrons. The molecule has 1 aromatic rings. The molecule has 7 heteroatoms. The van der Waals surface area contributed by atoms with Gasteiger partial charge in [0.25, 0.3) is 0 Å². The van der Waals surface area contributed by atoms with Crippen molar-refractivity contribution in [3.05, 3.63) is 17.8 Å². The van der Waals surface area contributed by atoms with Crippen LogP contribution in [-0.2, 0) is 0 Å². The van der Waals surface area contributed by atoms with Crippen molar-refractivity contribution in [2.75, 3.05) is 12.3 Å². The number of rotatable bonds is 4. The van der Waals surface area contributed by atoms with Gasteiger partial charge in [-0.05, 0) is 12.5 Å². The van der Waals surface area contributed by atoms with Crippen LogP contribution < -0.4 is 10.5 Å². The van der Waals surface area contributed by atoms with Gasteiger partial charge in [-0.1, -0.05) is 0 Å². The first kappa shape index (κ1) is 12.5. The second kappa shape index (κ2) is 4.54. The highest BCUT2D eigenvalue weighted by Gasteiger charge is 2.41. The Kier molecular flexibility index (Phi) is 3.56. The fourth-order valence-corrected chi connectivity index (χ4v) is 0.831. The first-order valence-electron chi connectivity index (χ1n) is 4.34. The highest BCUT2D eigenvalue weighted by Crippen LogP contribution is 2.24. The molecule has 1 heterocycles. The van der Waals surface area contributed by atoms with Gasteiger partial charge >= 0.3 is 12.3 Å². The van der Waals surface area contributed by atoms with Gasteiger partial charge in [0, 0.05) is 18.0 Å². The van der Waals surface area contributed by atoms with E-state index in [1.807, 2.05) is 0 Å². The molecule has 0 amide bonds. The number of nitrogens with two attached hydrogens (primary N) is 1. The minimum absolute atomic E-state index is 0.205. The summed E-state index contributed by atoms with van der Waals surface area (Å²) in [5.74, 6) is -4.40. The number of pyridine rings is 1. The molecule has 0 bridgehead atoms. The van der Waals surface area contributed by atoms with Gasteiger partial charge in [-0.15, -0.1) is 0 Å². The Bertz CT molecular complexity index is 371. The number of hydrogen-bond acceptors (Lipinski definition) is 3. The van der Waals surface area contributed by atoms with Crippen molar-refractivity contribution in [1.82, 2.24) is 4.98 Å².